The van der Waals surface area contributed by atoms with E-state index >= 15 is 0 Å². The second-order valence-corrected chi connectivity index (χ2v) is 5.20. The predicted octanol–water partition coefficient (Wildman–Crippen LogP) is 3.16. The van der Waals surface area contributed by atoms with Crippen molar-refractivity contribution in [3.05, 3.63) is 52.6 Å². The van der Waals surface area contributed by atoms with Gasteiger partial charge >= 0.3 is 0 Å². The molecule has 0 saturated carbocycles. The second kappa shape index (κ2) is 7.75. The van der Waals surface area contributed by atoms with E-state index in [0.29, 0.717) is 35.3 Å². The van der Waals surface area contributed by atoms with E-state index in [1.54, 1.807) is 37.4 Å². The van der Waals surface area contributed by atoms with Crippen molar-refractivity contribution in [1.82, 2.24) is 15.3 Å². The third-order valence-electron chi connectivity index (χ3n) is 2.91. The minimum Gasteiger partial charge on any atom is -0.493 e. The molecule has 1 aromatic carbocycles. The van der Waals surface area contributed by atoms with E-state index in [1.807, 2.05) is 6.92 Å². The van der Waals surface area contributed by atoms with E-state index < -0.39 is 0 Å². The van der Waals surface area contributed by atoms with E-state index in [-0.39, 0.29) is 5.91 Å². The van der Waals surface area contributed by atoms with Gasteiger partial charge in [-0.1, -0.05) is 18.5 Å². The summed E-state index contributed by atoms with van der Waals surface area (Å²) in [6.45, 7) is 4.68. The summed E-state index contributed by atoms with van der Waals surface area (Å²) in [5.41, 5.74) is 1.17. The molecule has 2 aromatic rings. The third kappa shape index (κ3) is 4.43. The van der Waals surface area contributed by atoms with Gasteiger partial charge in [0.25, 0.3) is 5.91 Å². The van der Waals surface area contributed by atoms with Crippen molar-refractivity contribution in [1.29, 1.82) is 0 Å². The number of halogens is 1. The van der Waals surface area contributed by atoms with E-state index in [1.165, 1.54) is 0 Å². The Morgan fingerprint density at radius 1 is 1.36 bits per heavy atom. The zero-order chi connectivity index (χ0) is 15.9. The van der Waals surface area contributed by atoms with Crippen LogP contribution in [0.15, 0.2) is 30.5 Å². The fraction of sp³-hybridized carbons (Fsp3) is 0.312. The molecular weight excluding hydrogens is 302 g/mol. The van der Waals surface area contributed by atoms with Crippen LogP contribution in [0, 0.1) is 6.92 Å². The Kier molecular flexibility index (Phi) is 5.72. The molecule has 22 heavy (non-hydrogen) atoms. The summed E-state index contributed by atoms with van der Waals surface area (Å²) >= 11 is 5.98. The summed E-state index contributed by atoms with van der Waals surface area (Å²) in [6.07, 6.45) is 2.53. The highest BCUT2D eigenvalue weighted by molar-refractivity contribution is 6.31. The number of carbonyl (C=O) groups excluding carboxylic acids is 1. The lowest BCUT2D eigenvalue weighted by atomic mass is 10.2. The van der Waals surface area contributed by atoms with Crippen molar-refractivity contribution in [2.75, 3.05) is 6.61 Å². The van der Waals surface area contributed by atoms with Crippen LogP contribution in [0.4, 0.5) is 0 Å². The first-order valence-corrected chi connectivity index (χ1v) is 7.47. The number of hydrogen-bond acceptors (Lipinski definition) is 4. The van der Waals surface area contributed by atoms with Crippen molar-refractivity contribution < 1.29 is 9.53 Å². The van der Waals surface area contributed by atoms with Crippen molar-refractivity contribution >= 4 is 17.5 Å². The van der Waals surface area contributed by atoms with Crippen LogP contribution in [0.1, 0.15) is 35.2 Å². The van der Waals surface area contributed by atoms with Crippen LogP contribution in [0.2, 0.25) is 5.02 Å². The number of nitrogens with zero attached hydrogens (tertiary/aromatic N) is 2. The van der Waals surface area contributed by atoms with Crippen LogP contribution in [-0.4, -0.2) is 22.5 Å². The molecule has 2 rings (SSSR count). The van der Waals surface area contributed by atoms with E-state index in [9.17, 15) is 4.79 Å². The number of benzene rings is 1. The summed E-state index contributed by atoms with van der Waals surface area (Å²) in [4.78, 5) is 20.6. The molecule has 5 nitrogen and oxygen atoms in total. The van der Waals surface area contributed by atoms with Gasteiger partial charge in [-0.25, -0.2) is 9.97 Å². The average Bonchev–Trinajstić information content (AvgIpc) is 2.51. The maximum atomic E-state index is 12.3. The van der Waals surface area contributed by atoms with Gasteiger partial charge in [-0.3, -0.25) is 4.79 Å². The molecule has 1 aromatic heterocycles. The standard InChI is InChI=1S/C16H18ClN3O2/c1-3-8-22-15-5-4-12(17)9-14(15)16(21)19-10-13-6-7-18-11(2)20-13/h4-7,9H,3,8,10H2,1-2H3,(H,19,21). The number of nitrogens with one attached hydrogen (secondary N) is 1. The summed E-state index contributed by atoms with van der Waals surface area (Å²) in [5.74, 6) is 0.953. The van der Waals surface area contributed by atoms with Crippen molar-refractivity contribution in [2.45, 2.75) is 26.8 Å². The first-order chi connectivity index (χ1) is 10.6. The average molecular weight is 320 g/mol. The molecule has 0 radical (unpaired) electrons. The molecule has 1 N–H and O–H groups in total. The number of rotatable bonds is 6. The van der Waals surface area contributed by atoms with Gasteiger partial charge in [-0.2, -0.15) is 0 Å². The maximum Gasteiger partial charge on any atom is 0.255 e. The van der Waals surface area contributed by atoms with E-state index in [0.717, 1.165) is 12.1 Å². The Bertz CT molecular complexity index is 662. The topological polar surface area (TPSA) is 64.1 Å². The summed E-state index contributed by atoms with van der Waals surface area (Å²) in [6, 6.07) is 6.78. The zero-order valence-corrected chi connectivity index (χ0v) is 13.4. The molecule has 0 fully saturated rings. The van der Waals surface area contributed by atoms with Crippen LogP contribution < -0.4 is 10.1 Å². The smallest absolute Gasteiger partial charge is 0.255 e. The Hall–Kier alpha value is -2.14. The minimum absolute atomic E-state index is 0.245. The van der Waals surface area contributed by atoms with Gasteiger partial charge < -0.3 is 10.1 Å². The largest absolute Gasteiger partial charge is 0.493 e. The molecule has 0 aliphatic heterocycles. The monoisotopic (exact) mass is 319 g/mol. The molecule has 0 aliphatic rings. The molecule has 6 heteroatoms. The van der Waals surface area contributed by atoms with Gasteiger partial charge in [0.2, 0.25) is 0 Å². The van der Waals surface area contributed by atoms with Gasteiger partial charge in [-0.15, -0.1) is 0 Å². The lowest BCUT2D eigenvalue weighted by molar-refractivity contribution is 0.0946. The number of aryl methyl sites for hydroxylation is 1. The predicted molar refractivity (Wildman–Crippen MR) is 85.2 cm³/mol. The molecular formula is C16H18ClN3O2. The Morgan fingerprint density at radius 2 is 2.18 bits per heavy atom. The second-order valence-electron chi connectivity index (χ2n) is 4.77. The van der Waals surface area contributed by atoms with Crippen LogP contribution in [0.5, 0.6) is 5.75 Å². The Balaban J connectivity index is 2.09. The van der Waals surface area contributed by atoms with Gasteiger partial charge in [-0.05, 0) is 37.6 Å². The van der Waals surface area contributed by atoms with Crippen molar-refractivity contribution in [3.63, 3.8) is 0 Å². The minimum atomic E-state index is -0.245. The summed E-state index contributed by atoms with van der Waals surface area (Å²) < 4.78 is 5.59. The first-order valence-electron chi connectivity index (χ1n) is 7.09. The fourth-order valence-electron chi connectivity index (χ4n) is 1.89. The van der Waals surface area contributed by atoms with Crippen LogP contribution in [-0.2, 0) is 6.54 Å². The molecule has 0 atom stereocenters. The lowest BCUT2D eigenvalue weighted by Crippen LogP contribution is -2.24. The van der Waals surface area contributed by atoms with E-state index in [2.05, 4.69) is 15.3 Å². The molecule has 1 heterocycles. The highest BCUT2D eigenvalue weighted by Gasteiger charge is 2.13. The van der Waals surface area contributed by atoms with Crippen LogP contribution in [0.25, 0.3) is 0 Å². The molecule has 0 unspecified atom stereocenters. The zero-order valence-electron chi connectivity index (χ0n) is 12.6. The number of ether oxygens (including phenoxy) is 1. The number of aromatic nitrogens is 2. The Morgan fingerprint density at radius 3 is 2.91 bits per heavy atom. The van der Waals surface area contributed by atoms with Crippen molar-refractivity contribution in [3.8, 4) is 5.75 Å². The van der Waals surface area contributed by atoms with Crippen LogP contribution >= 0.6 is 11.6 Å². The quantitative estimate of drug-likeness (QED) is 0.888. The summed E-state index contributed by atoms with van der Waals surface area (Å²) in [5, 5.41) is 3.31. The molecule has 0 spiro atoms. The first kappa shape index (κ1) is 16.2. The summed E-state index contributed by atoms with van der Waals surface area (Å²) in [7, 11) is 0. The lowest BCUT2D eigenvalue weighted by Gasteiger charge is -2.11. The molecule has 0 saturated heterocycles. The highest BCUT2D eigenvalue weighted by Crippen LogP contribution is 2.23. The maximum absolute atomic E-state index is 12.3. The molecule has 0 bridgehead atoms. The fourth-order valence-corrected chi connectivity index (χ4v) is 2.06. The molecule has 0 aliphatic carbocycles. The van der Waals surface area contributed by atoms with Gasteiger partial charge in [0, 0.05) is 11.2 Å². The van der Waals surface area contributed by atoms with Crippen molar-refractivity contribution in [2.24, 2.45) is 0 Å². The van der Waals surface area contributed by atoms with Gasteiger partial charge in [0.05, 0.1) is 24.4 Å². The normalized spacial score (nSPS) is 10.3. The highest BCUT2D eigenvalue weighted by atomic mass is 35.5. The SMILES string of the molecule is CCCOc1ccc(Cl)cc1C(=O)NCc1ccnc(C)n1. The Labute approximate surface area is 134 Å². The number of hydrogen-bond donors (Lipinski definition) is 1. The van der Waals surface area contributed by atoms with Gasteiger partial charge in [0.15, 0.2) is 0 Å². The number of carbonyl (C=O) groups is 1. The molecule has 1 amide bonds. The van der Waals surface area contributed by atoms with E-state index in [4.69, 9.17) is 16.3 Å². The van der Waals surface area contributed by atoms with Gasteiger partial charge in [0.1, 0.15) is 11.6 Å². The van der Waals surface area contributed by atoms with Crippen LogP contribution in [0.3, 0.4) is 0 Å². The molecule has 116 valence electrons. The number of amides is 1. The third-order valence-corrected chi connectivity index (χ3v) is 3.15.